The van der Waals surface area contributed by atoms with Crippen molar-refractivity contribution in [2.24, 2.45) is 5.92 Å². The highest BCUT2D eigenvalue weighted by Gasteiger charge is 2.29. The quantitative estimate of drug-likeness (QED) is 0.815. The molecule has 0 aliphatic heterocycles. The van der Waals surface area contributed by atoms with E-state index < -0.39 is 11.5 Å². The Morgan fingerprint density at radius 1 is 1.25 bits per heavy atom. The van der Waals surface area contributed by atoms with Gasteiger partial charge in [0.05, 0.1) is 6.42 Å². The summed E-state index contributed by atoms with van der Waals surface area (Å²) in [5, 5.41) is 11.7. The van der Waals surface area contributed by atoms with E-state index in [2.05, 4.69) is 12.2 Å². The third-order valence-corrected chi connectivity index (χ3v) is 4.30. The smallest absolute Gasteiger partial charge is 0.317 e. The number of urea groups is 1. The highest BCUT2D eigenvalue weighted by Crippen LogP contribution is 2.29. The third kappa shape index (κ3) is 5.02. The molecule has 0 heterocycles. The number of amides is 2. The Hall–Kier alpha value is -1.26. The van der Waals surface area contributed by atoms with Crippen molar-refractivity contribution in [3.63, 3.8) is 0 Å². The first-order valence-electron chi connectivity index (χ1n) is 7.52. The molecule has 0 aromatic carbocycles. The number of carbonyl (C=O) groups is 2. The lowest BCUT2D eigenvalue weighted by atomic mass is 9.84. The van der Waals surface area contributed by atoms with Crippen molar-refractivity contribution < 1.29 is 14.7 Å². The lowest BCUT2D eigenvalue weighted by Gasteiger charge is -2.36. The van der Waals surface area contributed by atoms with Crippen LogP contribution in [-0.2, 0) is 4.79 Å². The van der Waals surface area contributed by atoms with E-state index in [-0.39, 0.29) is 18.5 Å². The van der Waals surface area contributed by atoms with Crippen LogP contribution in [0, 0.1) is 5.92 Å². The van der Waals surface area contributed by atoms with E-state index in [0.29, 0.717) is 0 Å². The average molecular weight is 284 g/mol. The molecule has 2 N–H and O–H groups in total. The second-order valence-electron chi connectivity index (χ2n) is 6.58. The molecule has 116 valence electrons. The molecule has 0 bridgehead atoms. The number of hydrogen-bond acceptors (Lipinski definition) is 2. The van der Waals surface area contributed by atoms with Gasteiger partial charge in [-0.25, -0.2) is 4.79 Å². The van der Waals surface area contributed by atoms with E-state index in [1.54, 1.807) is 18.7 Å². The van der Waals surface area contributed by atoms with Crippen molar-refractivity contribution in [1.29, 1.82) is 0 Å². The van der Waals surface area contributed by atoms with E-state index >= 15 is 0 Å². The fraction of sp³-hybridized carbons (Fsp3) is 0.867. The lowest BCUT2D eigenvalue weighted by Crippen LogP contribution is -2.52. The molecule has 1 saturated carbocycles. The van der Waals surface area contributed by atoms with Crippen LogP contribution in [0.25, 0.3) is 0 Å². The highest BCUT2D eigenvalue weighted by atomic mass is 16.4. The molecule has 0 atom stereocenters. The molecule has 1 aliphatic rings. The Labute approximate surface area is 121 Å². The third-order valence-electron chi connectivity index (χ3n) is 4.30. The van der Waals surface area contributed by atoms with Gasteiger partial charge in [-0.15, -0.1) is 0 Å². The van der Waals surface area contributed by atoms with E-state index in [1.165, 1.54) is 19.3 Å². The van der Waals surface area contributed by atoms with Crippen LogP contribution in [0.4, 0.5) is 4.79 Å². The number of nitrogens with zero attached hydrogens (tertiary/aromatic N) is 1. The first-order chi connectivity index (χ1) is 9.25. The molecule has 20 heavy (non-hydrogen) atoms. The van der Waals surface area contributed by atoms with Crippen LogP contribution in [0.1, 0.15) is 59.3 Å². The van der Waals surface area contributed by atoms with Gasteiger partial charge in [-0.05, 0) is 45.4 Å². The number of hydrogen-bond donors (Lipinski definition) is 2. The number of aliphatic carboxylic acids is 1. The molecule has 0 unspecified atom stereocenters. The zero-order chi connectivity index (χ0) is 15.3. The van der Waals surface area contributed by atoms with Crippen LogP contribution < -0.4 is 5.32 Å². The van der Waals surface area contributed by atoms with E-state index in [1.807, 2.05) is 7.05 Å². The van der Waals surface area contributed by atoms with Gasteiger partial charge in [-0.3, -0.25) is 4.79 Å². The average Bonchev–Trinajstić information content (AvgIpc) is 2.35. The topological polar surface area (TPSA) is 69.6 Å². The van der Waals surface area contributed by atoms with Crippen LogP contribution in [0.2, 0.25) is 0 Å². The molecule has 5 nitrogen and oxygen atoms in total. The van der Waals surface area contributed by atoms with E-state index in [4.69, 9.17) is 5.11 Å². The van der Waals surface area contributed by atoms with Crippen LogP contribution in [0.3, 0.4) is 0 Å². The van der Waals surface area contributed by atoms with Crippen molar-refractivity contribution in [3.8, 4) is 0 Å². The summed E-state index contributed by atoms with van der Waals surface area (Å²) in [5.41, 5.74) is -0.724. The summed E-state index contributed by atoms with van der Waals surface area (Å²) in [6.07, 6.45) is 5.58. The van der Waals surface area contributed by atoms with Gasteiger partial charge in [-0.2, -0.15) is 0 Å². The molecule has 1 rings (SSSR count). The number of rotatable bonds is 5. The molecule has 2 amide bonds. The van der Waals surface area contributed by atoms with Crippen LogP contribution >= 0.6 is 0 Å². The number of carboxylic acid groups (broad SMARTS) is 1. The zero-order valence-electron chi connectivity index (χ0n) is 13.1. The Kier molecular flexibility index (Phi) is 5.84. The van der Waals surface area contributed by atoms with Crippen molar-refractivity contribution in [1.82, 2.24) is 10.2 Å². The summed E-state index contributed by atoms with van der Waals surface area (Å²) >= 11 is 0. The maximum absolute atomic E-state index is 12.2. The van der Waals surface area contributed by atoms with Gasteiger partial charge in [0.1, 0.15) is 0 Å². The second kappa shape index (κ2) is 6.95. The van der Waals surface area contributed by atoms with Crippen molar-refractivity contribution in [3.05, 3.63) is 0 Å². The summed E-state index contributed by atoms with van der Waals surface area (Å²) in [5.74, 6) is -0.104. The number of nitrogens with one attached hydrogen (secondary N) is 1. The van der Waals surface area contributed by atoms with Crippen LogP contribution in [-0.4, -0.2) is 40.6 Å². The predicted octanol–water partition coefficient (Wildman–Crippen LogP) is 2.85. The van der Waals surface area contributed by atoms with Gasteiger partial charge >= 0.3 is 12.0 Å². The maximum atomic E-state index is 12.2. The monoisotopic (exact) mass is 284 g/mol. The summed E-state index contributed by atoms with van der Waals surface area (Å²) in [6.45, 7) is 5.69. The highest BCUT2D eigenvalue weighted by molar-refractivity contribution is 5.76. The first-order valence-corrected chi connectivity index (χ1v) is 7.52. The normalized spacial score (nSPS) is 23.2. The Morgan fingerprint density at radius 2 is 1.80 bits per heavy atom. The molecule has 1 aliphatic carbocycles. The molecule has 0 radical (unpaired) electrons. The second-order valence-corrected chi connectivity index (χ2v) is 6.58. The minimum Gasteiger partial charge on any atom is -0.481 e. The minimum absolute atomic E-state index is 0.0743. The molecule has 0 spiro atoms. The van der Waals surface area contributed by atoms with Gasteiger partial charge in [0.15, 0.2) is 0 Å². The Morgan fingerprint density at radius 3 is 2.25 bits per heavy atom. The van der Waals surface area contributed by atoms with Gasteiger partial charge in [-0.1, -0.05) is 13.3 Å². The fourth-order valence-corrected chi connectivity index (χ4v) is 2.91. The van der Waals surface area contributed by atoms with E-state index in [9.17, 15) is 9.59 Å². The van der Waals surface area contributed by atoms with Gasteiger partial charge in [0.2, 0.25) is 0 Å². The maximum Gasteiger partial charge on any atom is 0.317 e. The standard InChI is InChI=1S/C15H28N2O3/c1-5-11-6-8-12(9-7-11)17(4)14(20)16-15(2,3)10-13(18)19/h11-12H,5-10H2,1-4H3,(H,16,20)(H,18,19). The molecular weight excluding hydrogens is 256 g/mol. The SMILES string of the molecule is CCC1CCC(N(C)C(=O)NC(C)(C)CC(=O)O)CC1. The first kappa shape index (κ1) is 16.8. The molecule has 5 heteroatoms. The molecular formula is C15H28N2O3. The Balaban J connectivity index is 2.49. The molecule has 1 fully saturated rings. The van der Waals surface area contributed by atoms with Crippen molar-refractivity contribution in [2.45, 2.75) is 70.9 Å². The summed E-state index contributed by atoms with van der Waals surface area (Å²) in [4.78, 5) is 24.7. The molecule has 0 aromatic heterocycles. The van der Waals surface area contributed by atoms with Gasteiger partial charge < -0.3 is 15.3 Å². The Bertz CT molecular complexity index is 347. The van der Waals surface area contributed by atoms with E-state index in [0.717, 1.165) is 18.8 Å². The van der Waals surface area contributed by atoms with Crippen molar-refractivity contribution in [2.75, 3.05) is 7.05 Å². The summed E-state index contributed by atoms with van der Waals surface area (Å²) in [6, 6.07) is 0.106. The fourth-order valence-electron chi connectivity index (χ4n) is 2.91. The largest absolute Gasteiger partial charge is 0.481 e. The van der Waals surface area contributed by atoms with Gasteiger partial charge in [0, 0.05) is 18.6 Å². The van der Waals surface area contributed by atoms with Gasteiger partial charge in [0.25, 0.3) is 0 Å². The number of carbonyl (C=O) groups excluding carboxylic acids is 1. The summed E-state index contributed by atoms with van der Waals surface area (Å²) < 4.78 is 0. The minimum atomic E-state index is -0.901. The number of carboxylic acids is 1. The van der Waals surface area contributed by atoms with Crippen LogP contribution in [0.15, 0.2) is 0 Å². The zero-order valence-corrected chi connectivity index (χ0v) is 13.1. The van der Waals surface area contributed by atoms with Crippen molar-refractivity contribution >= 4 is 12.0 Å². The molecule has 0 saturated heterocycles. The predicted molar refractivity (Wildman–Crippen MR) is 78.7 cm³/mol. The van der Waals surface area contributed by atoms with Crippen LogP contribution in [0.5, 0.6) is 0 Å². The summed E-state index contributed by atoms with van der Waals surface area (Å²) in [7, 11) is 1.81. The lowest BCUT2D eigenvalue weighted by molar-refractivity contribution is -0.138. The molecule has 0 aromatic rings.